The Labute approximate surface area is 378 Å². The maximum atomic E-state index is 2.94. The summed E-state index contributed by atoms with van der Waals surface area (Å²) in [4.78, 5) is 2.94. The molecule has 2 spiro atoms. The number of rotatable bonds is 1. The zero-order valence-electron chi connectivity index (χ0n) is 35.5. The molecule has 28 aromatic carbocycles. The lowest BCUT2D eigenvalue weighted by Crippen LogP contribution is -2.56. The van der Waals surface area contributed by atoms with Crippen molar-refractivity contribution in [2.24, 2.45) is 0 Å². The minimum Gasteiger partial charge on any atom is -0.300 e. The van der Waals surface area contributed by atoms with Crippen molar-refractivity contribution in [3.05, 3.63) is 53.9 Å². The highest BCUT2D eigenvalue weighted by molar-refractivity contribution is 6.82. The SMILES string of the molecule is CN1CC23c4c5c6c7c8c9c(c%10c%11c2c2c4c4c%12c5c5c6c6c8c8c%13c9c9c%10c%10c%11c%11c2c2c4c4c%12c%12c5c5c6c8c6c8c%13c9c9c%10c%10c%11c2c2c4c4c%12c5c6c5c8c9c%10c2c45)C73C1[C]1[CH][CH][CH][CH]1. The van der Waals surface area contributed by atoms with Gasteiger partial charge in [0.15, 0.2) is 0 Å². The van der Waals surface area contributed by atoms with Crippen molar-refractivity contribution in [3.63, 3.8) is 0 Å². The van der Waals surface area contributed by atoms with E-state index in [1.54, 1.807) is 313 Å². The van der Waals surface area contributed by atoms with Gasteiger partial charge in [-0.05, 0) is 346 Å². The molecule has 1 saturated carbocycles. The molecule has 0 aromatic heterocycles. The van der Waals surface area contributed by atoms with Crippen molar-refractivity contribution in [3.8, 4) is 0 Å². The summed E-state index contributed by atoms with van der Waals surface area (Å²) >= 11 is 0. The van der Waals surface area contributed by atoms with Crippen molar-refractivity contribution in [2.45, 2.75) is 16.9 Å². The summed E-state index contributed by atoms with van der Waals surface area (Å²) in [7, 11) is 2.57. The molecule has 1 heterocycles. The summed E-state index contributed by atoms with van der Waals surface area (Å²) in [5.74, 6) is 1.53. The van der Waals surface area contributed by atoms with Crippen LogP contribution >= 0.6 is 0 Å². The lowest BCUT2D eigenvalue weighted by Gasteiger charge is -2.53. The monoisotopic (exact) mass is 840 g/mol. The van der Waals surface area contributed by atoms with Gasteiger partial charge in [-0.2, -0.15) is 0 Å². The molecule has 34 rings (SSSR count). The third kappa shape index (κ3) is 1.35. The van der Waals surface area contributed by atoms with Gasteiger partial charge in [-0.25, -0.2) is 0 Å². The molecule has 2 fully saturated rings. The van der Waals surface area contributed by atoms with Gasteiger partial charge in [0, 0.05) is 18.5 Å². The van der Waals surface area contributed by atoms with E-state index < -0.39 is 0 Å². The summed E-state index contributed by atoms with van der Waals surface area (Å²) in [6.45, 7) is 1.07. The minimum absolute atomic E-state index is 0.213. The smallest absolute Gasteiger partial charge is 0.0539 e. The van der Waals surface area contributed by atoms with Crippen molar-refractivity contribution < 1.29 is 0 Å². The van der Waals surface area contributed by atoms with Crippen LogP contribution in [-0.2, 0) is 10.8 Å². The van der Waals surface area contributed by atoms with Gasteiger partial charge in [0.05, 0.1) is 10.8 Å². The second kappa shape index (κ2) is 5.76. The predicted octanol–water partition coefficient (Wildman–Crippen LogP) is 17.0. The lowest BCUT2D eigenvalue weighted by molar-refractivity contribution is 0.287. The van der Waals surface area contributed by atoms with Crippen LogP contribution in [0.5, 0.6) is 0 Å². The Morgan fingerprint density at radius 2 is 0.435 bits per heavy atom. The molecule has 0 amide bonds. The number of likely N-dealkylation sites (tertiary alicyclic amines) is 1. The molecular formula is C68H10N. The number of benzene rings is 18. The molecule has 5 aliphatic carbocycles. The first-order valence-electron chi connectivity index (χ1n) is 26.0. The van der Waals surface area contributed by atoms with Crippen molar-refractivity contribution >= 4 is 291 Å². The average molecular weight is 841 g/mol. The van der Waals surface area contributed by atoms with Crippen LogP contribution in [0.3, 0.4) is 0 Å². The number of likely N-dealkylation sites (N-methyl/N-ethyl adjacent to an activating group) is 1. The highest BCUT2D eigenvalue weighted by atomic mass is 15.2. The van der Waals surface area contributed by atoms with E-state index in [0.717, 1.165) is 6.54 Å². The maximum Gasteiger partial charge on any atom is 0.0539 e. The summed E-state index contributed by atoms with van der Waals surface area (Å²) in [5.41, 5.74) is 6.68. The fourth-order valence-corrected chi connectivity index (χ4v) is 26.1. The summed E-state index contributed by atoms with van der Waals surface area (Å²) < 4.78 is 0. The van der Waals surface area contributed by atoms with Gasteiger partial charge >= 0.3 is 0 Å². The van der Waals surface area contributed by atoms with Gasteiger partial charge in [-0.3, -0.25) is 0 Å². The van der Waals surface area contributed by atoms with E-state index in [0.29, 0.717) is 0 Å². The Morgan fingerprint density at radius 3 is 0.638 bits per heavy atom. The van der Waals surface area contributed by atoms with Gasteiger partial charge < -0.3 is 4.90 Å². The van der Waals surface area contributed by atoms with E-state index in [4.69, 9.17) is 0 Å². The fraction of sp³-hybridized carbons (Fsp3) is 0.0735. The molecule has 0 bridgehead atoms. The van der Waals surface area contributed by atoms with Crippen LogP contribution in [0, 0.1) is 31.6 Å². The highest BCUT2D eigenvalue weighted by Crippen LogP contribution is 2.86. The van der Waals surface area contributed by atoms with E-state index in [9.17, 15) is 0 Å². The summed E-state index contributed by atoms with van der Waals surface area (Å²) in [5, 5.41) is 90.8. The standard InChI is InChI=1S/C68H10N/c1-69-6-67-62-54-46-36-26-18-10-8-9-12-16-14(10)22-30-24(16)34-28-20(12)21-13(9)17-15-11(8)19(18)27-33-23(15)31-25(17)35-29(21)39-38(28)50-44(34)52-42(30)48(40(46)32(22)26)56(62)58(52)64-60(50)61-51(39)45(35)53-43(31)49-41(33)47(37(27)36)55(54)63(67)57(49)59(53)65(61)68(64,67)66(69)7-4-2-3-5-7/h2-5,66H,6H2,1H3. The first-order chi connectivity index (χ1) is 34.3. The Balaban J connectivity index is 1.20. The third-order valence-corrected chi connectivity index (χ3v) is 25.9. The second-order valence-corrected chi connectivity index (χ2v) is 26.0. The first-order valence-corrected chi connectivity index (χ1v) is 26.0. The molecule has 6 aliphatic rings. The van der Waals surface area contributed by atoms with Crippen LogP contribution in [0.1, 0.15) is 22.3 Å². The van der Waals surface area contributed by atoms with Gasteiger partial charge in [0.2, 0.25) is 0 Å². The molecular weight excluding hydrogens is 831 g/mol. The predicted molar refractivity (Wildman–Crippen MR) is 291 cm³/mol. The molecule has 1 saturated heterocycles. The van der Waals surface area contributed by atoms with E-state index in [1.807, 2.05) is 0 Å². The topological polar surface area (TPSA) is 3.24 Å². The minimum atomic E-state index is -0.262. The van der Waals surface area contributed by atoms with Gasteiger partial charge in [0.25, 0.3) is 0 Å². The molecule has 1 heteroatoms. The largest absolute Gasteiger partial charge is 0.300 e. The zero-order chi connectivity index (χ0) is 40.8. The Kier molecular flexibility index (Phi) is 2.15. The fourth-order valence-electron chi connectivity index (χ4n) is 26.1. The van der Waals surface area contributed by atoms with Crippen molar-refractivity contribution in [1.82, 2.24) is 4.90 Å². The molecule has 5 radical (unpaired) electrons. The molecule has 69 heavy (non-hydrogen) atoms. The summed E-state index contributed by atoms with van der Waals surface area (Å²) in [6, 6.07) is 0.225. The second-order valence-electron chi connectivity index (χ2n) is 26.0. The molecule has 1 unspecified atom stereocenters. The van der Waals surface area contributed by atoms with Crippen molar-refractivity contribution in [1.29, 1.82) is 0 Å². The number of hydrogen-bond donors (Lipinski definition) is 0. The van der Waals surface area contributed by atoms with Gasteiger partial charge in [-0.15, -0.1) is 0 Å². The van der Waals surface area contributed by atoms with Crippen LogP contribution in [-0.4, -0.2) is 24.5 Å². The molecule has 1 atom stereocenters. The van der Waals surface area contributed by atoms with E-state index in [-0.39, 0.29) is 16.9 Å². The molecule has 1 aliphatic heterocycles. The Bertz CT molecular complexity index is 6950. The third-order valence-electron chi connectivity index (χ3n) is 25.9. The normalized spacial score (nSPS) is 25.6. The summed E-state index contributed by atoms with van der Waals surface area (Å²) in [6.07, 6.45) is 9.84. The highest BCUT2D eigenvalue weighted by Gasteiger charge is 2.76. The maximum absolute atomic E-state index is 2.94. The van der Waals surface area contributed by atoms with E-state index in [1.165, 1.54) is 5.92 Å². The van der Waals surface area contributed by atoms with Crippen LogP contribution in [0.2, 0.25) is 0 Å². The quantitative estimate of drug-likeness (QED) is 0.149. The number of nitrogens with zero attached hydrogens (tertiary/aromatic N) is 1. The van der Waals surface area contributed by atoms with E-state index in [2.05, 4.69) is 37.6 Å². The van der Waals surface area contributed by atoms with Gasteiger partial charge in [0.1, 0.15) is 0 Å². The number of hydrogen-bond acceptors (Lipinski definition) is 1. The zero-order valence-corrected chi connectivity index (χ0v) is 35.5. The molecule has 1 nitrogen and oxygen atoms in total. The van der Waals surface area contributed by atoms with E-state index >= 15 is 0 Å². The van der Waals surface area contributed by atoms with Crippen LogP contribution in [0.25, 0.3) is 291 Å². The van der Waals surface area contributed by atoms with Crippen LogP contribution < -0.4 is 0 Å². The molecule has 28 aromatic rings. The van der Waals surface area contributed by atoms with Gasteiger partial charge in [-0.1, -0.05) is 0 Å². The van der Waals surface area contributed by atoms with Crippen molar-refractivity contribution in [2.75, 3.05) is 13.6 Å². The first kappa shape index (κ1) is 25.7. The van der Waals surface area contributed by atoms with Crippen LogP contribution in [0.15, 0.2) is 0 Å². The molecule has 287 valence electrons. The Hall–Kier alpha value is -7.58. The molecule has 0 N–H and O–H groups in total. The lowest BCUT2D eigenvalue weighted by atomic mass is 9.47. The average Bonchev–Trinajstić information content (AvgIpc) is 4.24. The van der Waals surface area contributed by atoms with Crippen LogP contribution in [0.4, 0.5) is 0 Å². The Morgan fingerprint density at radius 1 is 0.261 bits per heavy atom.